The lowest BCUT2D eigenvalue weighted by Gasteiger charge is -2.31. The maximum Gasteiger partial charge on any atom is 0.392 e. The second kappa shape index (κ2) is 7.03. The van der Waals surface area contributed by atoms with Crippen molar-refractivity contribution in [3.05, 3.63) is 23.6 Å². The Bertz CT molecular complexity index is 853. The summed E-state index contributed by atoms with van der Waals surface area (Å²) in [5.41, 5.74) is 1.39. The predicted octanol–water partition coefficient (Wildman–Crippen LogP) is 4.85. The van der Waals surface area contributed by atoms with Crippen LogP contribution in [0, 0.1) is 11.8 Å². The Morgan fingerprint density at radius 1 is 1.19 bits per heavy atom. The fourth-order valence-electron chi connectivity index (χ4n) is 3.55. The number of carbonyl (C=O) groups is 1. The van der Waals surface area contributed by atoms with Gasteiger partial charge < -0.3 is 14.8 Å². The van der Waals surface area contributed by atoms with E-state index in [1.807, 2.05) is 6.07 Å². The Kier molecular flexibility index (Phi) is 4.71. The summed E-state index contributed by atoms with van der Waals surface area (Å²) in [6.45, 7) is 0.166. The molecule has 2 heterocycles. The van der Waals surface area contributed by atoms with Crippen LogP contribution in [0.4, 0.5) is 18.3 Å². The minimum atomic E-state index is -4.36. The first-order valence-electron chi connectivity index (χ1n) is 8.65. The Morgan fingerprint density at radius 3 is 2.78 bits per heavy atom. The molecule has 2 atom stereocenters. The molecule has 0 saturated heterocycles. The van der Waals surface area contributed by atoms with E-state index in [9.17, 15) is 18.0 Å². The number of rotatable bonds is 3. The van der Waals surface area contributed by atoms with Crippen LogP contribution in [0.15, 0.2) is 23.6 Å². The number of anilines is 1. The molecule has 0 spiro atoms. The van der Waals surface area contributed by atoms with Crippen LogP contribution in [0.1, 0.15) is 25.7 Å². The first-order valence-corrected chi connectivity index (χ1v) is 9.53. The monoisotopic (exact) mass is 398 g/mol. The molecule has 1 saturated carbocycles. The van der Waals surface area contributed by atoms with Crippen molar-refractivity contribution in [1.29, 1.82) is 0 Å². The second-order valence-electron chi connectivity index (χ2n) is 6.63. The zero-order valence-corrected chi connectivity index (χ0v) is 15.0. The third-order valence-electron chi connectivity index (χ3n) is 4.93. The van der Waals surface area contributed by atoms with Crippen molar-refractivity contribution in [2.75, 3.05) is 12.1 Å². The van der Waals surface area contributed by atoms with Gasteiger partial charge in [0, 0.05) is 16.9 Å². The van der Waals surface area contributed by atoms with Crippen molar-refractivity contribution in [3.63, 3.8) is 0 Å². The van der Waals surface area contributed by atoms with Crippen LogP contribution in [0.3, 0.4) is 0 Å². The number of nitrogens with one attached hydrogen (secondary N) is 1. The number of nitrogens with zero attached hydrogens (tertiary/aromatic N) is 1. The highest BCUT2D eigenvalue weighted by atomic mass is 32.1. The highest BCUT2D eigenvalue weighted by Gasteiger charge is 2.48. The van der Waals surface area contributed by atoms with E-state index in [0.717, 1.165) is 5.56 Å². The third-order valence-corrected chi connectivity index (χ3v) is 5.68. The topological polar surface area (TPSA) is 60.5 Å². The molecule has 1 aliphatic heterocycles. The molecule has 1 N–H and O–H groups in total. The fraction of sp³-hybridized carbons (Fsp3) is 0.444. The molecule has 2 aliphatic rings. The van der Waals surface area contributed by atoms with E-state index < -0.39 is 23.9 Å². The molecular formula is C18H17F3N2O3S. The van der Waals surface area contributed by atoms with Gasteiger partial charge in [-0.25, -0.2) is 4.98 Å². The molecular weight excluding hydrogens is 381 g/mol. The van der Waals surface area contributed by atoms with Crippen molar-refractivity contribution < 1.29 is 27.4 Å². The molecule has 2 aromatic rings. The SMILES string of the molecule is O=C(Nc1nc(-c2ccc3c(c2)OCO3)cs1)[C@@H]1CCCC[C@H]1C(F)(F)F. The minimum absolute atomic E-state index is 0.00189. The van der Waals surface area contributed by atoms with Gasteiger partial charge in [-0.05, 0) is 31.0 Å². The lowest BCUT2D eigenvalue weighted by molar-refractivity contribution is -0.197. The summed E-state index contributed by atoms with van der Waals surface area (Å²) in [5, 5.41) is 4.60. The van der Waals surface area contributed by atoms with Crippen LogP contribution in [0.2, 0.25) is 0 Å². The van der Waals surface area contributed by atoms with Gasteiger partial charge in [-0.3, -0.25) is 4.79 Å². The van der Waals surface area contributed by atoms with E-state index in [1.165, 1.54) is 11.3 Å². The molecule has 5 nitrogen and oxygen atoms in total. The smallest absolute Gasteiger partial charge is 0.392 e. The van der Waals surface area contributed by atoms with E-state index >= 15 is 0 Å². The van der Waals surface area contributed by atoms with Gasteiger partial charge in [-0.15, -0.1) is 11.3 Å². The Morgan fingerprint density at radius 2 is 1.96 bits per heavy atom. The number of fused-ring (bicyclic) bond motifs is 1. The molecule has 1 aromatic carbocycles. The van der Waals surface area contributed by atoms with Crippen LogP contribution >= 0.6 is 11.3 Å². The predicted molar refractivity (Wildman–Crippen MR) is 93.8 cm³/mol. The molecule has 0 unspecified atom stereocenters. The molecule has 144 valence electrons. The molecule has 1 aromatic heterocycles. The number of aromatic nitrogens is 1. The van der Waals surface area contributed by atoms with Crippen LogP contribution in [-0.4, -0.2) is 23.9 Å². The number of thiazole rings is 1. The Balaban J connectivity index is 1.48. The van der Waals surface area contributed by atoms with Gasteiger partial charge in [0.25, 0.3) is 0 Å². The second-order valence-corrected chi connectivity index (χ2v) is 7.49. The molecule has 4 rings (SSSR count). The third kappa shape index (κ3) is 3.73. The maximum absolute atomic E-state index is 13.2. The maximum atomic E-state index is 13.2. The van der Waals surface area contributed by atoms with Crippen molar-refractivity contribution >= 4 is 22.4 Å². The molecule has 9 heteroatoms. The summed E-state index contributed by atoms with van der Waals surface area (Å²) < 4.78 is 50.2. The quantitative estimate of drug-likeness (QED) is 0.803. The minimum Gasteiger partial charge on any atom is -0.454 e. The number of hydrogen-bond donors (Lipinski definition) is 1. The van der Waals surface area contributed by atoms with E-state index in [0.29, 0.717) is 35.2 Å². The fourth-order valence-corrected chi connectivity index (χ4v) is 4.28. The number of ether oxygens (including phenoxy) is 2. The van der Waals surface area contributed by atoms with Crippen molar-refractivity contribution in [3.8, 4) is 22.8 Å². The zero-order chi connectivity index (χ0) is 19.0. The van der Waals surface area contributed by atoms with Gasteiger partial charge in [0.1, 0.15) is 0 Å². The summed E-state index contributed by atoms with van der Waals surface area (Å²) in [6.07, 6.45) is -2.98. The number of carbonyl (C=O) groups excluding carboxylic acids is 1. The molecule has 0 radical (unpaired) electrons. The lowest BCUT2D eigenvalue weighted by Crippen LogP contribution is -2.39. The van der Waals surface area contributed by atoms with E-state index in [-0.39, 0.29) is 19.6 Å². The summed E-state index contributed by atoms with van der Waals surface area (Å²) in [4.78, 5) is 16.8. The molecule has 27 heavy (non-hydrogen) atoms. The number of amides is 1. The average molecular weight is 398 g/mol. The number of halogens is 3. The normalized spacial score (nSPS) is 21.9. The Labute approximate surface area is 157 Å². The largest absolute Gasteiger partial charge is 0.454 e. The van der Waals surface area contributed by atoms with Gasteiger partial charge in [-0.1, -0.05) is 12.8 Å². The van der Waals surface area contributed by atoms with E-state index in [2.05, 4.69) is 10.3 Å². The highest BCUT2D eigenvalue weighted by molar-refractivity contribution is 7.14. The van der Waals surface area contributed by atoms with E-state index in [1.54, 1.807) is 17.5 Å². The summed E-state index contributed by atoms with van der Waals surface area (Å²) in [7, 11) is 0. The van der Waals surface area contributed by atoms with Gasteiger partial charge >= 0.3 is 6.18 Å². The van der Waals surface area contributed by atoms with Crippen LogP contribution < -0.4 is 14.8 Å². The summed E-state index contributed by atoms with van der Waals surface area (Å²) in [5.74, 6) is -1.99. The molecule has 1 aliphatic carbocycles. The number of hydrogen-bond acceptors (Lipinski definition) is 5. The standard InChI is InChI=1S/C18H17F3N2O3S/c19-18(20,21)12-4-2-1-3-11(12)16(24)23-17-22-13(8-27-17)10-5-6-14-15(7-10)26-9-25-14/h5-8,11-12H,1-4,9H2,(H,22,23,24)/t11-,12-/m1/s1. The summed E-state index contributed by atoms with van der Waals surface area (Å²) in [6, 6.07) is 5.37. The van der Waals surface area contributed by atoms with Crippen molar-refractivity contribution in [1.82, 2.24) is 4.98 Å². The van der Waals surface area contributed by atoms with Gasteiger partial charge in [0.15, 0.2) is 16.6 Å². The van der Waals surface area contributed by atoms with E-state index in [4.69, 9.17) is 9.47 Å². The first-order chi connectivity index (χ1) is 12.9. The van der Waals surface area contributed by atoms with Crippen LogP contribution in [-0.2, 0) is 4.79 Å². The highest BCUT2D eigenvalue weighted by Crippen LogP contribution is 2.42. The zero-order valence-electron chi connectivity index (χ0n) is 14.2. The van der Waals surface area contributed by atoms with Crippen molar-refractivity contribution in [2.45, 2.75) is 31.9 Å². The Hall–Kier alpha value is -2.29. The van der Waals surface area contributed by atoms with Crippen LogP contribution in [0.5, 0.6) is 11.5 Å². The lowest BCUT2D eigenvalue weighted by atomic mass is 9.78. The van der Waals surface area contributed by atoms with Gasteiger partial charge in [-0.2, -0.15) is 13.2 Å². The first kappa shape index (κ1) is 18.1. The van der Waals surface area contributed by atoms with Crippen molar-refractivity contribution in [2.24, 2.45) is 11.8 Å². The number of benzene rings is 1. The number of alkyl halides is 3. The summed E-state index contributed by atoms with van der Waals surface area (Å²) >= 11 is 1.18. The molecule has 1 amide bonds. The van der Waals surface area contributed by atoms with Crippen LogP contribution in [0.25, 0.3) is 11.3 Å². The molecule has 1 fully saturated rings. The average Bonchev–Trinajstić information content (AvgIpc) is 3.29. The van der Waals surface area contributed by atoms with Gasteiger partial charge in [0.2, 0.25) is 12.7 Å². The molecule has 0 bridgehead atoms. The van der Waals surface area contributed by atoms with Gasteiger partial charge in [0.05, 0.1) is 11.6 Å².